The zero-order chi connectivity index (χ0) is 21.7. The first-order valence-corrected chi connectivity index (χ1v) is 10.2. The predicted molar refractivity (Wildman–Crippen MR) is 119 cm³/mol. The number of nitrogens with one attached hydrogen (secondary N) is 1. The number of furan rings is 1. The van der Waals surface area contributed by atoms with Crippen LogP contribution in [0.4, 0.5) is 5.69 Å². The zero-order valence-electron chi connectivity index (χ0n) is 15.6. The molecule has 0 aliphatic heterocycles. The fraction of sp³-hybridized carbons (Fsp3) is 0.100. The van der Waals surface area contributed by atoms with Crippen molar-refractivity contribution in [3.8, 4) is 17.1 Å². The Balaban J connectivity index is 1.54. The lowest BCUT2D eigenvalue weighted by Gasteiger charge is -2.10. The number of rotatable bonds is 7. The van der Waals surface area contributed by atoms with Gasteiger partial charge in [-0.3, -0.25) is 14.9 Å². The normalized spacial score (nSPS) is 10.9. The maximum atomic E-state index is 11.9. The third kappa shape index (κ3) is 5.55. The Bertz CT molecular complexity index is 1090. The van der Waals surface area contributed by atoms with Crippen LogP contribution in [0.5, 0.6) is 5.75 Å². The second-order valence-corrected chi connectivity index (χ2v) is 7.85. The van der Waals surface area contributed by atoms with Crippen LogP contribution in [0.15, 0.2) is 67.0 Å². The molecule has 30 heavy (non-hydrogen) atoms. The first kappa shape index (κ1) is 21.7. The largest absolute Gasteiger partial charge is 0.481 e. The predicted octanol–water partition coefficient (Wildman–Crippen LogP) is 5.22. The lowest BCUT2D eigenvalue weighted by atomic mass is 10.1. The van der Waals surface area contributed by atoms with Crippen LogP contribution in [-0.4, -0.2) is 23.7 Å². The molecule has 1 amide bonds. The number of aryl methyl sites for hydroxylation is 1. The number of amides is 1. The molecule has 0 aliphatic rings. The lowest BCUT2D eigenvalue weighted by Crippen LogP contribution is -2.24. The summed E-state index contributed by atoms with van der Waals surface area (Å²) in [5.41, 5.74) is 4.09. The number of hydrogen-bond acceptors (Lipinski definition) is 6. The van der Waals surface area contributed by atoms with Crippen LogP contribution in [0.2, 0.25) is 0 Å². The molecule has 8 nitrogen and oxygen atoms in total. The maximum absolute atomic E-state index is 11.9. The first-order valence-electron chi connectivity index (χ1n) is 8.58. The SMILES string of the molecule is Cc1cc(Br)c(OCC(=O)N/N=C/c2ccc(-c3ccc([N+](=O)[O-])cc3)o2)c(Br)c1. The summed E-state index contributed by atoms with van der Waals surface area (Å²) in [6, 6.07) is 13.1. The van der Waals surface area contributed by atoms with E-state index in [2.05, 4.69) is 42.4 Å². The Morgan fingerprint density at radius 1 is 1.20 bits per heavy atom. The van der Waals surface area contributed by atoms with E-state index in [-0.39, 0.29) is 12.3 Å². The molecule has 0 aliphatic carbocycles. The number of benzene rings is 2. The van der Waals surface area contributed by atoms with Gasteiger partial charge in [0.2, 0.25) is 0 Å². The summed E-state index contributed by atoms with van der Waals surface area (Å²) in [6.45, 7) is 1.73. The van der Waals surface area contributed by atoms with Crippen molar-refractivity contribution in [2.45, 2.75) is 6.92 Å². The maximum Gasteiger partial charge on any atom is 0.277 e. The van der Waals surface area contributed by atoms with Gasteiger partial charge in [-0.15, -0.1) is 0 Å². The summed E-state index contributed by atoms with van der Waals surface area (Å²) in [5.74, 6) is 1.02. The van der Waals surface area contributed by atoms with Crippen molar-refractivity contribution in [1.82, 2.24) is 5.43 Å². The number of nitro groups is 1. The van der Waals surface area contributed by atoms with Crippen molar-refractivity contribution in [2.24, 2.45) is 5.10 Å². The smallest absolute Gasteiger partial charge is 0.277 e. The molecule has 3 aromatic rings. The Hall–Kier alpha value is -2.98. The number of nitrogens with zero attached hydrogens (tertiary/aromatic N) is 2. The van der Waals surface area contributed by atoms with E-state index in [1.807, 2.05) is 19.1 Å². The van der Waals surface area contributed by atoms with Crippen LogP contribution >= 0.6 is 31.9 Å². The molecule has 0 saturated carbocycles. The molecule has 1 aromatic heterocycles. The highest BCUT2D eigenvalue weighted by molar-refractivity contribution is 9.11. The number of hydrogen-bond donors (Lipinski definition) is 1. The van der Waals surface area contributed by atoms with Crippen molar-refractivity contribution in [3.63, 3.8) is 0 Å². The number of hydrazone groups is 1. The van der Waals surface area contributed by atoms with Crippen LogP contribution < -0.4 is 10.2 Å². The molecule has 0 saturated heterocycles. The standard InChI is InChI=1S/C20H15Br2N3O5/c1-12-8-16(21)20(17(22)9-12)29-11-19(26)24-23-10-15-6-7-18(30-15)13-2-4-14(5-3-13)25(27)28/h2-10H,11H2,1H3,(H,24,26)/b23-10+. The van der Waals surface area contributed by atoms with Crippen molar-refractivity contribution >= 4 is 49.7 Å². The Morgan fingerprint density at radius 2 is 1.87 bits per heavy atom. The third-order valence-electron chi connectivity index (χ3n) is 3.86. The first-order chi connectivity index (χ1) is 14.3. The number of carbonyl (C=O) groups is 1. The van der Waals surface area contributed by atoms with Gasteiger partial charge in [-0.25, -0.2) is 5.43 Å². The molecule has 0 atom stereocenters. The molecular formula is C20H15Br2N3O5. The van der Waals surface area contributed by atoms with Crippen molar-refractivity contribution in [2.75, 3.05) is 6.61 Å². The molecule has 0 radical (unpaired) electrons. The third-order valence-corrected chi connectivity index (χ3v) is 5.04. The van der Waals surface area contributed by atoms with E-state index >= 15 is 0 Å². The fourth-order valence-corrected chi connectivity index (χ4v) is 4.13. The van der Waals surface area contributed by atoms with Gasteiger partial charge in [-0.1, -0.05) is 0 Å². The summed E-state index contributed by atoms with van der Waals surface area (Å²) in [4.78, 5) is 22.2. The van der Waals surface area contributed by atoms with Crippen LogP contribution in [0, 0.1) is 17.0 Å². The van der Waals surface area contributed by atoms with Crippen molar-refractivity contribution in [3.05, 3.63) is 78.9 Å². The van der Waals surface area contributed by atoms with E-state index in [0.717, 1.165) is 14.5 Å². The van der Waals surface area contributed by atoms with Gasteiger partial charge in [0.05, 0.1) is 20.1 Å². The van der Waals surface area contributed by atoms with E-state index in [0.29, 0.717) is 22.8 Å². The number of carbonyl (C=O) groups excluding carboxylic acids is 1. The molecule has 0 spiro atoms. The summed E-state index contributed by atoms with van der Waals surface area (Å²) in [5, 5.41) is 14.6. The Labute approximate surface area is 188 Å². The molecule has 0 unspecified atom stereocenters. The van der Waals surface area contributed by atoms with E-state index in [9.17, 15) is 14.9 Å². The summed E-state index contributed by atoms with van der Waals surface area (Å²) >= 11 is 6.80. The van der Waals surface area contributed by atoms with Gasteiger partial charge in [0.15, 0.2) is 6.61 Å². The molecule has 3 rings (SSSR count). The molecule has 154 valence electrons. The second kappa shape index (κ2) is 9.68. The minimum atomic E-state index is -0.466. The van der Waals surface area contributed by atoms with Crippen LogP contribution in [0.1, 0.15) is 11.3 Å². The Kier molecular flexibility index (Phi) is 7.01. The highest BCUT2D eigenvalue weighted by atomic mass is 79.9. The highest BCUT2D eigenvalue weighted by Crippen LogP contribution is 2.34. The number of nitro benzene ring substituents is 1. The summed E-state index contributed by atoms with van der Waals surface area (Å²) < 4.78 is 12.6. The van der Waals surface area contributed by atoms with Gasteiger partial charge in [0.25, 0.3) is 11.6 Å². The minimum absolute atomic E-state index is 0.00159. The molecular weight excluding hydrogens is 522 g/mol. The zero-order valence-corrected chi connectivity index (χ0v) is 18.8. The monoisotopic (exact) mass is 535 g/mol. The topological polar surface area (TPSA) is 107 Å². The molecule has 1 heterocycles. The molecule has 0 fully saturated rings. The van der Waals surface area contributed by atoms with E-state index in [4.69, 9.17) is 9.15 Å². The summed E-state index contributed by atoms with van der Waals surface area (Å²) in [7, 11) is 0. The van der Waals surface area contributed by atoms with Crippen LogP contribution in [0.3, 0.4) is 0 Å². The van der Waals surface area contributed by atoms with Gasteiger partial charge in [-0.05, 0) is 80.7 Å². The number of halogens is 2. The molecule has 1 N–H and O–H groups in total. The molecule has 2 aromatic carbocycles. The van der Waals surface area contributed by atoms with E-state index in [1.54, 1.807) is 24.3 Å². The Morgan fingerprint density at radius 3 is 2.50 bits per heavy atom. The highest BCUT2D eigenvalue weighted by Gasteiger charge is 2.10. The van der Waals surface area contributed by atoms with Crippen LogP contribution in [0.25, 0.3) is 11.3 Å². The van der Waals surface area contributed by atoms with Gasteiger partial charge in [-0.2, -0.15) is 5.10 Å². The van der Waals surface area contributed by atoms with Crippen LogP contribution in [-0.2, 0) is 4.79 Å². The van der Waals surface area contributed by atoms with E-state index in [1.165, 1.54) is 18.3 Å². The van der Waals surface area contributed by atoms with Gasteiger partial charge in [0.1, 0.15) is 17.3 Å². The van der Waals surface area contributed by atoms with Gasteiger partial charge in [0, 0.05) is 17.7 Å². The van der Waals surface area contributed by atoms with Gasteiger partial charge >= 0.3 is 0 Å². The summed E-state index contributed by atoms with van der Waals surface area (Å²) in [6.07, 6.45) is 1.35. The van der Waals surface area contributed by atoms with E-state index < -0.39 is 10.8 Å². The van der Waals surface area contributed by atoms with Crippen molar-refractivity contribution in [1.29, 1.82) is 0 Å². The fourth-order valence-electron chi connectivity index (χ4n) is 2.49. The number of ether oxygens (including phenoxy) is 1. The second-order valence-electron chi connectivity index (χ2n) is 6.15. The van der Waals surface area contributed by atoms with Gasteiger partial charge < -0.3 is 9.15 Å². The average Bonchev–Trinajstić information content (AvgIpc) is 3.16. The van der Waals surface area contributed by atoms with Crippen molar-refractivity contribution < 1.29 is 18.9 Å². The quantitative estimate of drug-likeness (QED) is 0.253. The average molecular weight is 537 g/mol. The minimum Gasteiger partial charge on any atom is -0.481 e. The lowest BCUT2D eigenvalue weighted by molar-refractivity contribution is -0.384. The molecule has 0 bridgehead atoms. The number of non-ortho nitro benzene ring substituents is 1. The molecule has 10 heteroatoms.